The first-order valence-corrected chi connectivity index (χ1v) is 5.61. The second-order valence-electron chi connectivity index (χ2n) is 4.12. The molecular formula is C12H12FN5O2. The molecule has 8 heteroatoms. The van der Waals surface area contributed by atoms with Crippen molar-refractivity contribution in [3.63, 3.8) is 0 Å². The summed E-state index contributed by atoms with van der Waals surface area (Å²) >= 11 is 0. The van der Waals surface area contributed by atoms with Gasteiger partial charge in [-0.3, -0.25) is 4.79 Å². The number of aryl methyl sites for hydroxylation is 1. The number of aromatic nitrogens is 2. The fourth-order valence-corrected chi connectivity index (χ4v) is 1.68. The highest BCUT2D eigenvalue weighted by Gasteiger charge is 2.16. The summed E-state index contributed by atoms with van der Waals surface area (Å²) in [5.74, 6) is -1.17. The molecule has 0 spiro atoms. The molecule has 0 atom stereocenters. The summed E-state index contributed by atoms with van der Waals surface area (Å²) in [5.41, 5.74) is 11.1. The Hall–Kier alpha value is -2.90. The third-order valence-electron chi connectivity index (χ3n) is 2.61. The first-order chi connectivity index (χ1) is 9.38. The van der Waals surface area contributed by atoms with Gasteiger partial charge in [-0.15, -0.1) is 0 Å². The van der Waals surface area contributed by atoms with E-state index < -0.39 is 11.9 Å². The van der Waals surface area contributed by atoms with Crippen LogP contribution in [0.15, 0.2) is 24.4 Å². The Labute approximate surface area is 113 Å². The molecule has 3 amide bonds. The van der Waals surface area contributed by atoms with E-state index in [1.54, 1.807) is 13.0 Å². The zero-order valence-electron chi connectivity index (χ0n) is 10.6. The predicted octanol–water partition coefficient (Wildman–Crippen LogP) is 0.909. The van der Waals surface area contributed by atoms with Gasteiger partial charge in [0.1, 0.15) is 5.82 Å². The van der Waals surface area contributed by atoms with Crippen molar-refractivity contribution in [2.45, 2.75) is 6.92 Å². The van der Waals surface area contributed by atoms with Crippen LogP contribution in [-0.4, -0.2) is 21.7 Å². The lowest BCUT2D eigenvalue weighted by molar-refractivity contribution is 0.0996. The molecule has 0 saturated heterocycles. The molecule has 0 fully saturated rings. The first-order valence-electron chi connectivity index (χ1n) is 5.61. The van der Waals surface area contributed by atoms with Crippen LogP contribution in [0.4, 0.5) is 14.9 Å². The van der Waals surface area contributed by atoms with Gasteiger partial charge in [0.2, 0.25) is 0 Å². The van der Waals surface area contributed by atoms with Crippen molar-refractivity contribution in [2.24, 2.45) is 11.5 Å². The van der Waals surface area contributed by atoms with Crippen LogP contribution < -0.4 is 16.8 Å². The average molecular weight is 277 g/mol. The number of anilines is 1. The number of hydrogen-bond acceptors (Lipinski definition) is 3. The van der Waals surface area contributed by atoms with Crippen molar-refractivity contribution in [1.29, 1.82) is 0 Å². The summed E-state index contributed by atoms with van der Waals surface area (Å²) in [6.07, 6.45) is 1.37. The Bertz CT molecular complexity index is 695. The van der Waals surface area contributed by atoms with Gasteiger partial charge in [-0.25, -0.2) is 13.9 Å². The van der Waals surface area contributed by atoms with E-state index in [4.69, 9.17) is 11.5 Å². The number of nitrogens with two attached hydrogens (primary N) is 2. The molecular weight excluding hydrogens is 265 g/mol. The number of nitrogens with zero attached hydrogens (tertiary/aromatic N) is 2. The van der Waals surface area contributed by atoms with Crippen LogP contribution in [0.2, 0.25) is 0 Å². The third-order valence-corrected chi connectivity index (χ3v) is 2.61. The second-order valence-corrected chi connectivity index (χ2v) is 4.12. The van der Waals surface area contributed by atoms with Crippen LogP contribution in [0, 0.1) is 12.7 Å². The molecule has 0 saturated carbocycles. The highest BCUT2D eigenvalue weighted by atomic mass is 19.1. The fourth-order valence-electron chi connectivity index (χ4n) is 1.68. The molecule has 2 aromatic rings. The number of rotatable bonds is 3. The van der Waals surface area contributed by atoms with E-state index in [1.165, 1.54) is 23.0 Å². The molecule has 1 heterocycles. The van der Waals surface area contributed by atoms with Gasteiger partial charge < -0.3 is 16.8 Å². The molecule has 0 bridgehead atoms. The van der Waals surface area contributed by atoms with Crippen molar-refractivity contribution >= 4 is 17.6 Å². The van der Waals surface area contributed by atoms with Gasteiger partial charge in [-0.1, -0.05) is 0 Å². The van der Waals surface area contributed by atoms with Crippen molar-refractivity contribution in [3.8, 4) is 5.69 Å². The fraction of sp³-hybridized carbons (Fsp3) is 0.0833. The predicted molar refractivity (Wildman–Crippen MR) is 70.0 cm³/mol. The monoisotopic (exact) mass is 277 g/mol. The van der Waals surface area contributed by atoms with Crippen molar-refractivity contribution in [3.05, 3.63) is 41.5 Å². The van der Waals surface area contributed by atoms with E-state index in [1.807, 2.05) is 0 Å². The summed E-state index contributed by atoms with van der Waals surface area (Å²) < 4.78 is 14.5. The van der Waals surface area contributed by atoms with E-state index >= 15 is 0 Å². The normalized spacial score (nSPS) is 10.3. The Morgan fingerprint density at radius 2 is 2.05 bits per heavy atom. The molecule has 104 valence electrons. The van der Waals surface area contributed by atoms with E-state index in [-0.39, 0.29) is 17.2 Å². The zero-order valence-corrected chi connectivity index (χ0v) is 10.6. The minimum absolute atomic E-state index is 0.0898. The van der Waals surface area contributed by atoms with Crippen LogP contribution >= 0.6 is 0 Å². The van der Waals surface area contributed by atoms with Crippen molar-refractivity contribution in [1.82, 2.24) is 9.78 Å². The van der Waals surface area contributed by atoms with E-state index in [0.29, 0.717) is 11.3 Å². The number of carbonyl (C=O) groups excluding carboxylic acids is 2. The maximum Gasteiger partial charge on any atom is 0.316 e. The molecule has 5 N–H and O–H groups in total. The van der Waals surface area contributed by atoms with Gasteiger partial charge in [0, 0.05) is 0 Å². The Morgan fingerprint density at radius 1 is 1.35 bits per heavy atom. The van der Waals surface area contributed by atoms with Gasteiger partial charge >= 0.3 is 6.03 Å². The van der Waals surface area contributed by atoms with Crippen LogP contribution in [0.5, 0.6) is 0 Å². The van der Waals surface area contributed by atoms with Gasteiger partial charge in [-0.2, -0.15) is 5.10 Å². The molecule has 0 aliphatic carbocycles. The SMILES string of the molecule is Cc1cc(-n2cc(NC(N)=O)c(C(N)=O)n2)ccc1F. The second kappa shape index (κ2) is 5.00. The number of carbonyl (C=O) groups is 2. The standard InChI is InChI=1S/C12H12FN5O2/c1-6-4-7(2-3-8(6)13)18-5-9(16-12(15)20)10(17-18)11(14)19/h2-5H,1H3,(H2,14,19)(H3,15,16,20). The Kier molecular flexibility index (Phi) is 3.38. The number of primary amides is 2. The lowest BCUT2D eigenvalue weighted by Gasteiger charge is -2.03. The Balaban J connectivity index is 2.49. The topological polar surface area (TPSA) is 116 Å². The number of amides is 3. The smallest absolute Gasteiger partial charge is 0.316 e. The molecule has 1 aromatic heterocycles. The van der Waals surface area contributed by atoms with Gasteiger partial charge in [-0.05, 0) is 30.7 Å². The summed E-state index contributed by atoms with van der Waals surface area (Å²) in [6.45, 7) is 1.60. The molecule has 1 aromatic carbocycles. The zero-order chi connectivity index (χ0) is 14.9. The van der Waals surface area contributed by atoms with Crippen LogP contribution in [-0.2, 0) is 0 Å². The van der Waals surface area contributed by atoms with E-state index in [0.717, 1.165) is 0 Å². The number of urea groups is 1. The van der Waals surface area contributed by atoms with Crippen molar-refractivity contribution < 1.29 is 14.0 Å². The number of benzene rings is 1. The maximum atomic E-state index is 13.2. The van der Waals surface area contributed by atoms with Gasteiger partial charge in [0.25, 0.3) is 5.91 Å². The molecule has 0 aliphatic heterocycles. The minimum Gasteiger partial charge on any atom is -0.364 e. The lowest BCUT2D eigenvalue weighted by Crippen LogP contribution is -2.22. The van der Waals surface area contributed by atoms with Crippen molar-refractivity contribution in [2.75, 3.05) is 5.32 Å². The van der Waals surface area contributed by atoms with Gasteiger partial charge in [0.15, 0.2) is 5.69 Å². The highest BCUT2D eigenvalue weighted by Crippen LogP contribution is 2.18. The summed E-state index contributed by atoms with van der Waals surface area (Å²) in [6, 6.07) is 3.45. The molecule has 20 heavy (non-hydrogen) atoms. The average Bonchev–Trinajstić information content (AvgIpc) is 2.76. The minimum atomic E-state index is -0.845. The van der Waals surface area contributed by atoms with E-state index in [2.05, 4.69) is 10.4 Å². The first kappa shape index (κ1) is 13.5. The van der Waals surface area contributed by atoms with Crippen LogP contribution in [0.25, 0.3) is 5.69 Å². The molecule has 2 rings (SSSR count). The summed E-state index contributed by atoms with van der Waals surface area (Å²) in [7, 11) is 0. The van der Waals surface area contributed by atoms with Crippen LogP contribution in [0.3, 0.4) is 0 Å². The van der Waals surface area contributed by atoms with Gasteiger partial charge in [0.05, 0.1) is 17.6 Å². The largest absolute Gasteiger partial charge is 0.364 e. The lowest BCUT2D eigenvalue weighted by atomic mass is 10.2. The maximum absolute atomic E-state index is 13.2. The summed E-state index contributed by atoms with van der Waals surface area (Å²) in [4.78, 5) is 22.1. The molecule has 0 radical (unpaired) electrons. The number of hydrogen-bond donors (Lipinski definition) is 3. The number of nitrogens with one attached hydrogen (secondary N) is 1. The quantitative estimate of drug-likeness (QED) is 0.774. The summed E-state index contributed by atoms with van der Waals surface area (Å²) in [5, 5.41) is 6.20. The number of halogens is 1. The molecule has 7 nitrogen and oxygen atoms in total. The van der Waals surface area contributed by atoms with Crippen LogP contribution in [0.1, 0.15) is 16.1 Å². The molecule has 0 aliphatic rings. The van der Waals surface area contributed by atoms with E-state index in [9.17, 15) is 14.0 Å². The highest BCUT2D eigenvalue weighted by molar-refractivity contribution is 6.00. The third kappa shape index (κ3) is 2.58. The Morgan fingerprint density at radius 3 is 2.60 bits per heavy atom. The molecule has 0 unspecified atom stereocenters.